The Morgan fingerprint density at radius 2 is 1.52 bits per heavy atom. The summed E-state index contributed by atoms with van der Waals surface area (Å²) in [7, 11) is 0. The number of ether oxygens (including phenoxy) is 1. The molecule has 0 aromatic heterocycles. The second-order valence-electron chi connectivity index (χ2n) is 8.85. The SMILES string of the molecule is OCC1OC(c2ccc(Cl)c(Cc3ccc(C4CCCCC4)cc3)c2)C(O)C(O)C1O. The van der Waals surface area contributed by atoms with E-state index in [0.717, 1.165) is 11.1 Å². The van der Waals surface area contributed by atoms with Crippen LogP contribution in [0, 0.1) is 0 Å². The number of benzene rings is 2. The maximum Gasteiger partial charge on any atom is 0.113 e. The predicted molar refractivity (Wildman–Crippen MR) is 119 cm³/mol. The monoisotopic (exact) mass is 446 g/mol. The summed E-state index contributed by atoms with van der Waals surface area (Å²) in [4.78, 5) is 0. The molecule has 0 bridgehead atoms. The topological polar surface area (TPSA) is 90.2 Å². The van der Waals surface area contributed by atoms with Crippen LogP contribution in [0.2, 0.25) is 5.02 Å². The molecule has 0 amide bonds. The highest BCUT2D eigenvalue weighted by Crippen LogP contribution is 2.35. The van der Waals surface area contributed by atoms with Gasteiger partial charge in [-0.3, -0.25) is 0 Å². The highest BCUT2D eigenvalue weighted by molar-refractivity contribution is 6.31. The molecule has 1 aliphatic carbocycles. The van der Waals surface area contributed by atoms with E-state index in [4.69, 9.17) is 16.3 Å². The summed E-state index contributed by atoms with van der Waals surface area (Å²) in [5, 5.41) is 40.6. The first kappa shape index (κ1) is 22.7. The first-order valence-electron chi connectivity index (χ1n) is 11.2. The normalized spacial score (nSPS) is 29.8. The molecule has 4 N–H and O–H groups in total. The van der Waals surface area contributed by atoms with E-state index >= 15 is 0 Å². The molecule has 0 spiro atoms. The molecule has 4 rings (SSSR count). The van der Waals surface area contributed by atoms with Gasteiger partial charge >= 0.3 is 0 Å². The van der Waals surface area contributed by atoms with Crippen molar-refractivity contribution in [3.63, 3.8) is 0 Å². The number of aliphatic hydroxyl groups is 4. The van der Waals surface area contributed by atoms with Gasteiger partial charge in [0.15, 0.2) is 0 Å². The van der Waals surface area contributed by atoms with Gasteiger partial charge in [-0.2, -0.15) is 0 Å². The number of hydrogen-bond donors (Lipinski definition) is 4. The Bertz CT molecular complexity index is 863. The number of halogens is 1. The maximum absolute atomic E-state index is 10.4. The summed E-state index contributed by atoms with van der Waals surface area (Å²) >= 11 is 6.45. The molecule has 1 heterocycles. The molecular weight excluding hydrogens is 416 g/mol. The summed E-state index contributed by atoms with van der Waals surface area (Å²) < 4.78 is 5.69. The zero-order valence-corrected chi connectivity index (χ0v) is 18.3. The molecule has 31 heavy (non-hydrogen) atoms. The largest absolute Gasteiger partial charge is 0.394 e. The lowest BCUT2D eigenvalue weighted by molar-refractivity contribution is -0.231. The van der Waals surface area contributed by atoms with Gasteiger partial charge in [-0.25, -0.2) is 0 Å². The molecule has 1 saturated heterocycles. The number of rotatable bonds is 5. The summed E-state index contributed by atoms with van der Waals surface area (Å²) in [6.07, 6.45) is 1.27. The molecule has 5 unspecified atom stereocenters. The molecular formula is C25H31ClO5. The maximum atomic E-state index is 10.4. The molecule has 5 atom stereocenters. The van der Waals surface area contributed by atoms with Crippen molar-refractivity contribution in [2.24, 2.45) is 0 Å². The van der Waals surface area contributed by atoms with E-state index in [1.54, 1.807) is 12.1 Å². The van der Waals surface area contributed by atoms with Crippen LogP contribution in [0.15, 0.2) is 42.5 Å². The highest BCUT2D eigenvalue weighted by Gasteiger charge is 2.44. The van der Waals surface area contributed by atoms with E-state index in [0.29, 0.717) is 22.9 Å². The molecule has 0 radical (unpaired) electrons. The van der Waals surface area contributed by atoms with Gasteiger partial charge in [0.25, 0.3) is 0 Å². The van der Waals surface area contributed by atoms with Crippen LogP contribution < -0.4 is 0 Å². The molecule has 2 aromatic rings. The lowest BCUT2D eigenvalue weighted by Gasteiger charge is -2.40. The van der Waals surface area contributed by atoms with E-state index in [-0.39, 0.29) is 0 Å². The van der Waals surface area contributed by atoms with Gasteiger partial charge in [0.05, 0.1) is 6.61 Å². The van der Waals surface area contributed by atoms with Gasteiger partial charge in [-0.05, 0) is 53.5 Å². The van der Waals surface area contributed by atoms with Crippen molar-refractivity contribution in [2.75, 3.05) is 6.61 Å². The molecule has 1 saturated carbocycles. The van der Waals surface area contributed by atoms with Crippen molar-refractivity contribution in [2.45, 2.75) is 75.0 Å². The van der Waals surface area contributed by atoms with E-state index in [2.05, 4.69) is 24.3 Å². The molecule has 5 nitrogen and oxygen atoms in total. The van der Waals surface area contributed by atoms with Crippen LogP contribution in [-0.4, -0.2) is 51.4 Å². The lowest BCUT2D eigenvalue weighted by atomic mass is 9.84. The Morgan fingerprint density at radius 1 is 0.839 bits per heavy atom. The Balaban J connectivity index is 1.51. The first-order valence-corrected chi connectivity index (χ1v) is 11.5. The van der Waals surface area contributed by atoms with Crippen molar-refractivity contribution in [1.82, 2.24) is 0 Å². The van der Waals surface area contributed by atoms with Gasteiger partial charge in [-0.1, -0.05) is 67.3 Å². The van der Waals surface area contributed by atoms with Crippen LogP contribution in [0.1, 0.15) is 66.4 Å². The summed E-state index contributed by atoms with van der Waals surface area (Å²) in [5.41, 5.74) is 4.09. The van der Waals surface area contributed by atoms with Crippen molar-refractivity contribution in [3.05, 3.63) is 69.7 Å². The van der Waals surface area contributed by atoms with Gasteiger partial charge in [0.2, 0.25) is 0 Å². The van der Waals surface area contributed by atoms with Crippen molar-refractivity contribution in [1.29, 1.82) is 0 Å². The molecule has 1 aliphatic heterocycles. The highest BCUT2D eigenvalue weighted by atomic mass is 35.5. The fraction of sp³-hybridized carbons (Fsp3) is 0.520. The quantitative estimate of drug-likeness (QED) is 0.564. The molecule has 2 fully saturated rings. The summed E-state index contributed by atoms with van der Waals surface area (Å²) in [6.45, 7) is -0.449. The predicted octanol–water partition coefficient (Wildman–Crippen LogP) is 3.49. The average Bonchev–Trinajstić information content (AvgIpc) is 2.80. The minimum atomic E-state index is -1.40. The van der Waals surface area contributed by atoms with Crippen LogP contribution in [-0.2, 0) is 11.2 Å². The zero-order chi connectivity index (χ0) is 22.0. The number of aliphatic hydroxyl groups excluding tert-OH is 4. The van der Waals surface area contributed by atoms with Crippen molar-refractivity contribution < 1.29 is 25.2 Å². The second-order valence-corrected chi connectivity index (χ2v) is 9.26. The fourth-order valence-electron chi connectivity index (χ4n) is 4.85. The lowest BCUT2D eigenvalue weighted by Crippen LogP contribution is -2.55. The minimum absolute atomic E-state index is 0.449. The molecule has 168 valence electrons. The smallest absolute Gasteiger partial charge is 0.113 e. The van der Waals surface area contributed by atoms with Crippen molar-refractivity contribution in [3.8, 4) is 0 Å². The Labute approximate surface area is 188 Å². The average molecular weight is 447 g/mol. The Morgan fingerprint density at radius 3 is 2.19 bits per heavy atom. The van der Waals surface area contributed by atoms with Crippen LogP contribution in [0.5, 0.6) is 0 Å². The Kier molecular flexibility index (Phi) is 7.32. The minimum Gasteiger partial charge on any atom is -0.394 e. The van der Waals surface area contributed by atoms with Crippen molar-refractivity contribution >= 4 is 11.6 Å². The van der Waals surface area contributed by atoms with Gasteiger partial charge in [0, 0.05) is 5.02 Å². The standard InChI is InChI=1S/C25H31ClO5/c26-20-11-10-18(25-24(30)23(29)22(28)21(14-27)31-25)13-19(20)12-15-6-8-17(9-7-15)16-4-2-1-3-5-16/h6-11,13,16,21-25,27-30H,1-5,12,14H2. The third-order valence-electron chi connectivity index (χ3n) is 6.74. The van der Waals surface area contributed by atoms with Crippen LogP contribution in [0.4, 0.5) is 0 Å². The first-order chi connectivity index (χ1) is 15.0. The van der Waals surface area contributed by atoms with Crippen LogP contribution >= 0.6 is 11.6 Å². The fourth-order valence-corrected chi connectivity index (χ4v) is 5.03. The third kappa shape index (κ3) is 4.98. The molecule has 2 aromatic carbocycles. The number of hydrogen-bond acceptors (Lipinski definition) is 5. The zero-order valence-electron chi connectivity index (χ0n) is 17.5. The van der Waals surface area contributed by atoms with Gasteiger partial charge in [0.1, 0.15) is 30.5 Å². The van der Waals surface area contributed by atoms with Crippen LogP contribution in [0.3, 0.4) is 0 Å². The van der Waals surface area contributed by atoms with E-state index in [1.165, 1.54) is 37.7 Å². The van der Waals surface area contributed by atoms with Crippen LogP contribution in [0.25, 0.3) is 0 Å². The van der Waals surface area contributed by atoms with E-state index in [9.17, 15) is 20.4 Å². The second kappa shape index (κ2) is 9.99. The molecule has 6 heteroatoms. The summed E-state index contributed by atoms with van der Waals surface area (Å²) in [6, 6.07) is 14.1. The Hall–Kier alpha value is -1.47. The van der Waals surface area contributed by atoms with E-state index in [1.807, 2.05) is 6.07 Å². The van der Waals surface area contributed by atoms with E-state index < -0.39 is 37.1 Å². The van der Waals surface area contributed by atoms with Gasteiger partial charge < -0.3 is 25.2 Å². The third-order valence-corrected chi connectivity index (χ3v) is 7.11. The molecule has 2 aliphatic rings. The summed E-state index contributed by atoms with van der Waals surface area (Å²) in [5.74, 6) is 0.668. The van der Waals surface area contributed by atoms with Gasteiger partial charge in [-0.15, -0.1) is 0 Å².